The lowest BCUT2D eigenvalue weighted by molar-refractivity contribution is -0.139. The molecule has 0 atom stereocenters. The molecule has 0 bridgehead atoms. The molecule has 2 heterocycles. The summed E-state index contributed by atoms with van der Waals surface area (Å²) in [6.07, 6.45) is 5.23. The van der Waals surface area contributed by atoms with Crippen LogP contribution in [0.1, 0.15) is 12.0 Å². The first-order chi connectivity index (χ1) is 10.7. The summed E-state index contributed by atoms with van der Waals surface area (Å²) >= 11 is 3.21. The van der Waals surface area contributed by atoms with Crippen LogP contribution < -0.4 is 4.74 Å². The van der Waals surface area contributed by atoms with E-state index in [0.717, 1.165) is 6.42 Å². The molecule has 1 aliphatic heterocycles. The second-order valence-electron chi connectivity index (χ2n) is 5.18. The smallest absolute Gasteiger partial charge is 0.273 e. The number of thiazole rings is 1. The molecule has 0 N–H and O–H groups in total. The third-order valence-electron chi connectivity index (χ3n) is 3.66. The molecule has 0 spiro atoms. The standard InChI is InChI=1S/C16H18N2O2S2/c1-21-14-5-2-12(3-6-14)4-7-15(19)18-10-13(11-18)20-16-17-8-9-22-16/h2-3,5-6,8-9,13H,4,7,10-11H2,1H3. The molecule has 3 rings (SSSR count). The molecule has 22 heavy (non-hydrogen) atoms. The highest BCUT2D eigenvalue weighted by Crippen LogP contribution is 2.21. The Morgan fingerprint density at radius 3 is 2.82 bits per heavy atom. The monoisotopic (exact) mass is 334 g/mol. The van der Waals surface area contributed by atoms with E-state index in [4.69, 9.17) is 4.74 Å². The Kier molecular flexibility index (Phi) is 5.00. The number of hydrogen-bond acceptors (Lipinski definition) is 5. The van der Waals surface area contributed by atoms with Crippen molar-refractivity contribution in [3.05, 3.63) is 41.4 Å². The van der Waals surface area contributed by atoms with E-state index >= 15 is 0 Å². The van der Waals surface area contributed by atoms with Crippen molar-refractivity contribution < 1.29 is 9.53 Å². The summed E-state index contributed by atoms with van der Waals surface area (Å²) in [5, 5.41) is 2.57. The summed E-state index contributed by atoms with van der Waals surface area (Å²) in [5.74, 6) is 0.202. The normalized spacial score (nSPS) is 14.7. The third-order valence-corrected chi connectivity index (χ3v) is 5.07. The first kappa shape index (κ1) is 15.4. The molecule has 4 nitrogen and oxygen atoms in total. The number of carbonyl (C=O) groups is 1. The Balaban J connectivity index is 1.40. The van der Waals surface area contributed by atoms with Gasteiger partial charge in [0.25, 0.3) is 5.19 Å². The van der Waals surface area contributed by atoms with Gasteiger partial charge in [0.1, 0.15) is 6.10 Å². The van der Waals surface area contributed by atoms with Gasteiger partial charge in [-0.1, -0.05) is 23.5 Å². The van der Waals surface area contributed by atoms with Crippen LogP contribution in [0.3, 0.4) is 0 Å². The first-order valence-electron chi connectivity index (χ1n) is 7.21. The van der Waals surface area contributed by atoms with Gasteiger partial charge in [0, 0.05) is 22.9 Å². The van der Waals surface area contributed by atoms with Gasteiger partial charge in [-0.05, 0) is 30.4 Å². The topological polar surface area (TPSA) is 42.4 Å². The number of amides is 1. The molecule has 0 unspecified atom stereocenters. The summed E-state index contributed by atoms with van der Waals surface area (Å²) in [7, 11) is 0. The van der Waals surface area contributed by atoms with Gasteiger partial charge in [-0.15, -0.1) is 11.8 Å². The summed E-state index contributed by atoms with van der Waals surface area (Å²) in [6.45, 7) is 1.34. The molecule has 0 radical (unpaired) electrons. The van der Waals surface area contributed by atoms with Crippen LogP contribution in [-0.2, 0) is 11.2 Å². The average Bonchev–Trinajstić information content (AvgIpc) is 3.01. The molecule has 6 heteroatoms. The summed E-state index contributed by atoms with van der Waals surface area (Å²) < 4.78 is 5.67. The zero-order valence-electron chi connectivity index (χ0n) is 12.4. The van der Waals surface area contributed by atoms with E-state index in [2.05, 4.69) is 35.5 Å². The van der Waals surface area contributed by atoms with Gasteiger partial charge in [-0.3, -0.25) is 4.79 Å². The second kappa shape index (κ2) is 7.15. The minimum Gasteiger partial charge on any atom is -0.463 e. The van der Waals surface area contributed by atoms with E-state index in [0.29, 0.717) is 24.7 Å². The van der Waals surface area contributed by atoms with Crippen molar-refractivity contribution in [3.8, 4) is 5.19 Å². The third kappa shape index (κ3) is 3.81. The molecule has 0 saturated carbocycles. The van der Waals surface area contributed by atoms with Crippen LogP contribution in [0.4, 0.5) is 0 Å². The van der Waals surface area contributed by atoms with E-state index in [1.165, 1.54) is 21.8 Å². The van der Waals surface area contributed by atoms with E-state index < -0.39 is 0 Å². The number of rotatable bonds is 6. The average molecular weight is 334 g/mol. The molecule has 1 saturated heterocycles. The number of benzene rings is 1. The van der Waals surface area contributed by atoms with Gasteiger partial charge in [0.2, 0.25) is 5.91 Å². The van der Waals surface area contributed by atoms with Gasteiger partial charge < -0.3 is 9.64 Å². The predicted molar refractivity (Wildman–Crippen MR) is 89.7 cm³/mol. The number of ether oxygens (including phenoxy) is 1. The Morgan fingerprint density at radius 1 is 1.41 bits per heavy atom. The number of thioether (sulfide) groups is 1. The summed E-state index contributed by atoms with van der Waals surface area (Å²) in [6, 6.07) is 8.41. The number of carbonyl (C=O) groups excluding carboxylic acids is 1. The lowest BCUT2D eigenvalue weighted by Crippen LogP contribution is -2.56. The fourth-order valence-electron chi connectivity index (χ4n) is 2.33. The predicted octanol–water partition coefficient (Wildman–Crippen LogP) is 3.09. The number of hydrogen-bond donors (Lipinski definition) is 0. The fourth-order valence-corrected chi connectivity index (χ4v) is 3.29. The molecule has 1 aliphatic rings. The molecule has 0 aliphatic carbocycles. The van der Waals surface area contributed by atoms with Crippen LogP contribution >= 0.6 is 23.1 Å². The van der Waals surface area contributed by atoms with Gasteiger partial charge in [-0.2, -0.15) is 0 Å². The van der Waals surface area contributed by atoms with Crippen molar-refractivity contribution in [1.82, 2.24) is 9.88 Å². The Labute approximate surface area is 138 Å². The van der Waals surface area contributed by atoms with Gasteiger partial charge >= 0.3 is 0 Å². The van der Waals surface area contributed by atoms with E-state index in [1.807, 2.05) is 10.3 Å². The van der Waals surface area contributed by atoms with Crippen molar-refractivity contribution >= 4 is 29.0 Å². The fraction of sp³-hybridized carbons (Fsp3) is 0.375. The largest absolute Gasteiger partial charge is 0.463 e. The zero-order chi connectivity index (χ0) is 15.4. The SMILES string of the molecule is CSc1ccc(CCC(=O)N2CC(Oc3nccs3)C2)cc1. The van der Waals surface area contributed by atoms with Gasteiger partial charge in [0.05, 0.1) is 13.1 Å². The quantitative estimate of drug-likeness (QED) is 0.762. The Morgan fingerprint density at radius 2 is 2.18 bits per heavy atom. The van der Waals surface area contributed by atoms with Crippen molar-refractivity contribution in [3.63, 3.8) is 0 Å². The molecular formula is C16H18N2O2S2. The van der Waals surface area contributed by atoms with Gasteiger partial charge in [-0.25, -0.2) is 4.98 Å². The van der Waals surface area contributed by atoms with Crippen LogP contribution in [0.2, 0.25) is 0 Å². The van der Waals surface area contributed by atoms with Crippen molar-refractivity contribution in [2.75, 3.05) is 19.3 Å². The Bertz CT molecular complexity index is 608. The highest BCUT2D eigenvalue weighted by molar-refractivity contribution is 7.98. The molecule has 1 amide bonds. The second-order valence-corrected chi connectivity index (χ2v) is 6.92. The van der Waals surface area contributed by atoms with E-state index in [-0.39, 0.29) is 12.0 Å². The van der Waals surface area contributed by atoms with Crippen molar-refractivity contribution in [1.29, 1.82) is 0 Å². The molecule has 1 aromatic heterocycles. The maximum atomic E-state index is 12.1. The molecule has 1 fully saturated rings. The van der Waals surface area contributed by atoms with E-state index in [9.17, 15) is 4.79 Å². The lowest BCUT2D eigenvalue weighted by Gasteiger charge is -2.38. The molecular weight excluding hydrogens is 316 g/mol. The van der Waals surface area contributed by atoms with Crippen molar-refractivity contribution in [2.45, 2.75) is 23.8 Å². The Hall–Kier alpha value is -1.53. The first-order valence-corrected chi connectivity index (χ1v) is 9.32. The van der Waals surface area contributed by atoms with Crippen LogP contribution in [0.15, 0.2) is 40.7 Å². The van der Waals surface area contributed by atoms with Crippen molar-refractivity contribution in [2.24, 2.45) is 0 Å². The number of aryl methyl sites for hydroxylation is 1. The van der Waals surface area contributed by atoms with Crippen LogP contribution in [0.25, 0.3) is 0 Å². The minimum absolute atomic E-state index is 0.0935. The van der Waals surface area contributed by atoms with Gasteiger partial charge in [0.15, 0.2) is 0 Å². The van der Waals surface area contributed by atoms with Crippen LogP contribution in [-0.4, -0.2) is 41.2 Å². The van der Waals surface area contributed by atoms with E-state index in [1.54, 1.807) is 18.0 Å². The summed E-state index contributed by atoms with van der Waals surface area (Å²) in [4.78, 5) is 19.3. The zero-order valence-corrected chi connectivity index (χ0v) is 14.0. The highest BCUT2D eigenvalue weighted by Gasteiger charge is 2.32. The maximum absolute atomic E-state index is 12.1. The number of nitrogens with zero attached hydrogens (tertiary/aromatic N) is 2. The number of likely N-dealkylation sites (tertiary alicyclic amines) is 1. The van der Waals surface area contributed by atoms with Crippen LogP contribution in [0.5, 0.6) is 5.19 Å². The molecule has 1 aromatic carbocycles. The number of aromatic nitrogens is 1. The molecule has 116 valence electrons. The summed E-state index contributed by atoms with van der Waals surface area (Å²) in [5.41, 5.74) is 1.21. The lowest BCUT2D eigenvalue weighted by atomic mass is 10.1. The minimum atomic E-state index is 0.0935. The highest BCUT2D eigenvalue weighted by atomic mass is 32.2. The van der Waals surface area contributed by atoms with Crippen LogP contribution in [0, 0.1) is 0 Å². The molecule has 2 aromatic rings. The maximum Gasteiger partial charge on any atom is 0.273 e.